The zero-order valence-corrected chi connectivity index (χ0v) is 10.5. The third-order valence-corrected chi connectivity index (χ3v) is 3.81. The monoisotopic (exact) mass is 330 g/mol. The predicted molar refractivity (Wildman–Crippen MR) is 58.3 cm³/mol. The fourth-order valence-corrected chi connectivity index (χ4v) is 2.26. The number of rotatable bonds is 2. The minimum absolute atomic E-state index is 0.110. The summed E-state index contributed by atoms with van der Waals surface area (Å²) in [6, 6.07) is 3.95. The van der Waals surface area contributed by atoms with Gasteiger partial charge in [0.15, 0.2) is 0 Å². The fourth-order valence-electron chi connectivity index (χ4n) is 1.72. The van der Waals surface area contributed by atoms with Crippen molar-refractivity contribution in [2.75, 3.05) is 6.61 Å². The van der Waals surface area contributed by atoms with E-state index in [1.807, 2.05) is 0 Å². The van der Waals surface area contributed by atoms with Gasteiger partial charge in [0.25, 0.3) is 0 Å². The number of ether oxygens (including phenoxy) is 1. The van der Waals surface area contributed by atoms with Gasteiger partial charge in [-0.3, -0.25) is 0 Å². The molecule has 0 bridgehead atoms. The largest absolute Gasteiger partial charge is 0.493 e. The van der Waals surface area contributed by atoms with E-state index < -0.39 is 16.9 Å². The van der Waals surface area contributed by atoms with Crippen LogP contribution in [0.15, 0.2) is 18.2 Å². The summed E-state index contributed by atoms with van der Waals surface area (Å²) in [5, 5.41) is 0. The van der Waals surface area contributed by atoms with Gasteiger partial charge in [0.1, 0.15) is 10.6 Å². The van der Waals surface area contributed by atoms with Gasteiger partial charge in [0.05, 0.1) is 6.61 Å². The Morgan fingerprint density at radius 3 is 2.44 bits per heavy atom. The maximum atomic E-state index is 13.2. The van der Waals surface area contributed by atoms with Crippen LogP contribution in [0.1, 0.15) is 16.0 Å². The van der Waals surface area contributed by atoms with E-state index in [1.54, 1.807) is 0 Å². The molecule has 0 aromatic heterocycles. The quantitative estimate of drug-likeness (QED) is 0.581. The lowest BCUT2D eigenvalue weighted by Crippen LogP contribution is -2.39. The molecule has 1 unspecified atom stereocenters. The minimum Gasteiger partial charge on any atom is -0.493 e. The second kappa shape index (κ2) is 4.36. The average Bonchev–Trinajstić information content (AvgIpc) is 2.73. The Hall–Kier alpha value is -0.850. The number of hydrogen-bond acceptors (Lipinski definition) is 1. The predicted octanol–water partition coefficient (Wildman–Crippen LogP) is 4.26. The van der Waals surface area contributed by atoms with Crippen molar-refractivity contribution in [3.63, 3.8) is 0 Å². The highest BCUT2D eigenvalue weighted by Crippen LogP contribution is 2.49. The van der Waals surface area contributed by atoms with Crippen LogP contribution < -0.4 is 4.74 Å². The van der Waals surface area contributed by atoms with E-state index in [9.17, 15) is 22.0 Å². The smallest absolute Gasteiger partial charge is 0.454 e. The minimum atomic E-state index is -5.59. The van der Waals surface area contributed by atoms with Gasteiger partial charge in [-0.2, -0.15) is 22.0 Å². The Morgan fingerprint density at radius 1 is 1.17 bits per heavy atom. The lowest BCUT2D eigenvalue weighted by Gasteiger charge is -2.25. The molecule has 1 aliphatic rings. The number of halogens is 6. The summed E-state index contributed by atoms with van der Waals surface area (Å²) in [7, 11) is 0. The molecule has 1 aromatic rings. The first-order chi connectivity index (χ1) is 8.23. The first-order valence-electron chi connectivity index (χ1n) is 5.07. The Balaban J connectivity index is 2.32. The highest BCUT2D eigenvalue weighted by Gasteiger charge is 2.62. The van der Waals surface area contributed by atoms with Crippen LogP contribution in [0.25, 0.3) is 0 Å². The number of alkyl halides is 6. The second-order valence-corrected chi connectivity index (χ2v) is 4.86. The van der Waals surface area contributed by atoms with Gasteiger partial charge in [0.2, 0.25) is 0 Å². The molecule has 0 radical (unpaired) electrons. The van der Waals surface area contributed by atoms with Crippen molar-refractivity contribution in [2.45, 2.75) is 23.3 Å². The lowest BCUT2D eigenvalue weighted by molar-refractivity contribution is -0.281. The summed E-state index contributed by atoms with van der Waals surface area (Å²) in [4.78, 5) is -2.10. The van der Waals surface area contributed by atoms with Gasteiger partial charge in [-0.05, 0) is 17.2 Å². The van der Waals surface area contributed by atoms with Crippen LogP contribution >= 0.6 is 15.9 Å². The molecule has 0 spiro atoms. The molecule has 0 amide bonds. The van der Waals surface area contributed by atoms with Crippen molar-refractivity contribution in [1.82, 2.24) is 0 Å². The third kappa shape index (κ3) is 2.20. The molecule has 0 fully saturated rings. The highest BCUT2D eigenvalue weighted by atomic mass is 79.9. The molecule has 1 aromatic carbocycles. The Labute approximate surface area is 108 Å². The summed E-state index contributed by atoms with van der Waals surface area (Å²) >= 11 is 2.44. The van der Waals surface area contributed by atoms with Crippen LogP contribution in [-0.2, 0) is 6.42 Å². The van der Waals surface area contributed by atoms with Crippen molar-refractivity contribution in [2.24, 2.45) is 0 Å². The van der Waals surface area contributed by atoms with Crippen LogP contribution in [0.3, 0.4) is 0 Å². The Bertz CT molecular complexity index is 457. The molecule has 7 heteroatoms. The van der Waals surface area contributed by atoms with E-state index in [0.717, 1.165) is 0 Å². The van der Waals surface area contributed by atoms with Crippen molar-refractivity contribution >= 4 is 15.9 Å². The zero-order valence-electron chi connectivity index (χ0n) is 8.90. The summed E-state index contributed by atoms with van der Waals surface area (Å²) < 4.78 is 68.2. The molecule has 1 atom stereocenters. The van der Waals surface area contributed by atoms with Gasteiger partial charge >= 0.3 is 12.1 Å². The molecule has 0 saturated heterocycles. The Kier molecular flexibility index (Phi) is 3.29. The van der Waals surface area contributed by atoms with Crippen LogP contribution in [-0.4, -0.2) is 18.7 Å². The van der Waals surface area contributed by atoms with Gasteiger partial charge in [0, 0.05) is 6.42 Å². The van der Waals surface area contributed by atoms with E-state index in [0.29, 0.717) is 24.3 Å². The molecule has 0 aliphatic carbocycles. The normalized spacial score (nSPS) is 17.2. The van der Waals surface area contributed by atoms with E-state index in [2.05, 4.69) is 15.9 Å². The van der Waals surface area contributed by atoms with Gasteiger partial charge < -0.3 is 4.74 Å². The molecule has 18 heavy (non-hydrogen) atoms. The van der Waals surface area contributed by atoms with E-state index >= 15 is 0 Å². The van der Waals surface area contributed by atoms with E-state index in [1.165, 1.54) is 18.2 Å². The van der Waals surface area contributed by atoms with Crippen molar-refractivity contribution in [3.8, 4) is 5.75 Å². The van der Waals surface area contributed by atoms with Crippen LogP contribution in [0, 0.1) is 0 Å². The molecule has 1 nitrogen and oxygen atoms in total. The topological polar surface area (TPSA) is 9.23 Å². The lowest BCUT2D eigenvalue weighted by atomic mass is 10.0. The second-order valence-electron chi connectivity index (χ2n) is 3.95. The average molecular weight is 331 g/mol. The molecule has 0 N–H and O–H groups in total. The van der Waals surface area contributed by atoms with Crippen molar-refractivity contribution in [3.05, 3.63) is 29.3 Å². The molecule has 1 aliphatic heterocycles. The number of fused-ring (bicyclic) bond motifs is 1. The third-order valence-electron chi connectivity index (χ3n) is 2.70. The molecule has 1 heterocycles. The summed E-state index contributed by atoms with van der Waals surface area (Å²) in [5.41, 5.74) is 0.538. The summed E-state index contributed by atoms with van der Waals surface area (Å²) in [5.74, 6) is -4.28. The summed E-state index contributed by atoms with van der Waals surface area (Å²) in [6.45, 7) is 0.418. The van der Waals surface area contributed by atoms with E-state index in [4.69, 9.17) is 4.74 Å². The van der Waals surface area contributed by atoms with Crippen LogP contribution in [0.2, 0.25) is 0 Å². The maximum absolute atomic E-state index is 13.2. The first-order valence-corrected chi connectivity index (χ1v) is 5.99. The van der Waals surface area contributed by atoms with Crippen molar-refractivity contribution in [1.29, 1.82) is 0 Å². The van der Waals surface area contributed by atoms with Gasteiger partial charge in [-0.1, -0.05) is 28.1 Å². The zero-order chi connectivity index (χ0) is 13.6. The summed E-state index contributed by atoms with van der Waals surface area (Å²) in [6.07, 6.45) is -5.07. The molecule has 2 rings (SSSR count). The highest BCUT2D eigenvalue weighted by molar-refractivity contribution is 9.09. The van der Waals surface area contributed by atoms with Gasteiger partial charge in [-0.15, -0.1) is 0 Å². The first kappa shape index (κ1) is 13.6. The van der Waals surface area contributed by atoms with Gasteiger partial charge in [-0.25, -0.2) is 0 Å². The Morgan fingerprint density at radius 2 is 1.83 bits per heavy atom. The molecular formula is C11H8BrF5O. The SMILES string of the molecule is FC(F)(F)C(F)(F)C(Br)c1ccc2c(c1)CCO2. The van der Waals surface area contributed by atoms with Crippen LogP contribution in [0.4, 0.5) is 22.0 Å². The van der Waals surface area contributed by atoms with Crippen LogP contribution in [0.5, 0.6) is 5.75 Å². The molecule has 0 saturated carbocycles. The maximum Gasteiger partial charge on any atom is 0.454 e. The number of benzene rings is 1. The molecular weight excluding hydrogens is 323 g/mol. The van der Waals surface area contributed by atoms with Crippen molar-refractivity contribution < 1.29 is 26.7 Å². The fraction of sp³-hybridized carbons (Fsp3) is 0.455. The van der Waals surface area contributed by atoms with E-state index in [-0.39, 0.29) is 5.56 Å². The number of hydrogen-bond donors (Lipinski definition) is 0. The molecule has 100 valence electrons. The standard InChI is InChI=1S/C11H8BrF5O/c12-9(10(13,14)11(15,16)17)7-1-2-8-6(5-7)3-4-18-8/h1-2,5,9H,3-4H2.